The Balaban J connectivity index is 1.93. The molecule has 0 amide bonds. The van der Waals surface area contributed by atoms with Gasteiger partial charge in [0.15, 0.2) is 5.75 Å². The van der Waals surface area contributed by atoms with Crippen molar-refractivity contribution in [2.45, 2.75) is 19.8 Å². The van der Waals surface area contributed by atoms with Crippen LogP contribution in [-0.4, -0.2) is 18.1 Å². The number of methoxy groups -OCH3 is 1. The molecular weight excluding hydrogens is 374 g/mol. The Hall–Kier alpha value is -3.37. The maximum absolute atomic E-state index is 11.7. The van der Waals surface area contributed by atoms with Gasteiger partial charge in [-0.3, -0.25) is 0 Å². The van der Waals surface area contributed by atoms with Crippen molar-refractivity contribution in [3.05, 3.63) is 69.0 Å². The minimum Gasteiger partial charge on any atom is -0.465 e. The Bertz CT molecular complexity index is 1190. The SMILES string of the molecule is COC(=O)c1ccc([C@H]2C(C#N)=C(N)Oc3c2sc2nc(C)cc(C)c32)cc1. The van der Waals surface area contributed by atoms with Crippen LogP contribution in [0.15, 0.2) is 41.8 Å². The number of fused-ring (bicyclic) bond motifs is 3. The molecule has 0 fully saturated rings. The average molecular weight is 391 g/mol. The van der Waals surface area contributed by atoms with Crippen molar-refractivity contribution in [2.75, 3.05) is 7.11 Å². The van der Waals surface area contributed by atoms with Gasteiger partial charge in [0.05, 0.1) is 28.9 Å². The lowest BCUT2D eigenvalue weighted by Gasteiger charge is -2.24. The third kappa shape index (κ3) is 2.70. The Morgan fingerprint density at radius 2 is 2.04 bits per heavy atom. The van der Waals surface area contributed by atoms with Crippen LogP contribution in [0.5, 0.6) is 5.75 Å². The van der Waals surface area contributed by atoms with E-state index in [0.29, 0.717) is 16.9 Å². The van der Waals surface area contributed by atoms with Crippen LogP contribution in [0.25, 0.3) is 10.2 Å². The summed E-state index contributed by atoms with van der Waals surface area (Å²) in [5.74, 6) is -0.0356. The topological polar surface area (TPSA) is 98.2 Å². The molecule has 1 aliphatic heterocycles. The van der Waals surface area contributed by atoms with Gasteiger partial charge in [0.2, 0.25) is 5.88 Å². The maximum Gasteiger partial charge on any atom is 0.337 e. The minimum absolute atomic E-state index is 0.0942. The van der Waals surface area contributed by atoms with Crippen LogP contribution in [0.3, 0.4) is 0 Å². The number of benzene rings is 1. The number of thiophene rings is 1. The summed E-state index contributed by atoms with van der Waals surface area (Å²) in [4.78, 5) is 18.1. The monoisotopic (exact) mass is 391 g/mol. The van der Waals surface area contributed by atoms with E-state index in [0.717, 1.165) is 31.9 Å². The van der Waals surface area contributed by atoms with Gasteiger partial charge in [-0.15, -0.1) is 11.3 Å². The first-order valence-corrected chi connectivity index (χ1v) is 9.42. The zero-order chi connectivity index (χ0) is 20.0. The third-order valence-corrected chi connectivity index (χ3v) is 5.91. The molecule has 0 unspecified atom stereocenters. The number of hydrogen-bond acceptors (Lipinski definition) is 7. The van der Waals surface area contributed by atoms with Crippen LogP contribution in [0.2, 0.25) is 0 Å². The van der Waals surface area contributed by atoms with E-state index in [1.807, 2.05) is 32.0 Å². The first kappa shape index (κ1) is 18.0. The molecule has 1 aliphatic rings. The van der Waals surface area contributed by atoms with Gasteiger partial charge in [-0.05, 0) is 43.2 Å². The highest BCUT2D eigenvalue weighted by Gasteiger charge is 2.34. The van der Waals surface area contributed by atoms with Crippen LogP contribution in [0.1, 0.15) is 38.0 Å². The molecule has 28 heavy (non-hydrogen) atoms. The molecule has 0 saturated carbocycles. The number of carbonyl (C=O) groups is 1. The van der Waals surface area contributed by atoms with E-state index in [9.17, 15) is 10.1 Å². The minimum atomic E-state index is -0.410. The Morgan fingerprint density at radius 3 is 2.68 bits per heavy atom. The molecule has 6 nitrogen and oxygen atoms in total. The maximum atomic E-state index is 11.7. The number of nitrogens with two attached hydrogens (primary N) is 1. The molecule has 4 rings (SSSR count). The van der Waals surface area contributed by atoms with Crippen molar-refractivity contribution in [3.8, 4) is 11.8 Å². The van der Waals surface area contributed by atoms with Gasteiger partial charge in [-0.1, -0.05) is 12.1 Å². The van der Waals surface area contributed by atoms with Crippen LogP contribution >= 0.6 is 11.3 Å². The number of hydrogen-bond donors (Lipinski definition) is 1. The molecule has 0 saturated heterocycles. The van der Waals surface area contributed by atoms with E-state index >= 15 is 0 Å². The predicted octanol–water partition coefficient (Wildman–Crippen LogP) is 3.92. The fourth-order valence-corrected chi connectivity index (χ4v) is 4.88. The number of pyridine rings is 1. The lowest BCUT2D eigenvalue weighted by atomic mass is 9.88. The molecule has 3 aromatic rings. The Morgan fingerprint density at radius 1 is 1.32 bits per heavy atom. The summed E-state index contributed by atoms with van der Waals surface area (Å²) in [6.45, 7) is 3.95. The van der Waals surface area contributed by atoms with Gasteiger partial charge in [0.1, 0.15) is 16.5 Å². The highest BCUT2D eigenvalue weighted by atomic mass is 32.1. The van der Waals surface area contributed by atoms with Crippen molar-refractivity contribution in [1.82, 2.24) is 4.98 Å². The number of esters is 1. The van der Waals surface area contributed by atoms with Gasteiger partial charge in [-0.25, -0.2) is 9.78 Å². The molecule has 0 spiro atoms. The summed E-state index contributed by atoms with van der Waals surface area (Å²) in [5.41, 5.74) is 9.71. The molecule has 0 bridgehead atoms. The first-order valence-electron chi connectivity index (χ1n) is 8.61. The van der Waals surface area contributed by atoms with Crippen LogP contribution in [0.4, 0.5) is 0 Å². The smallest absolute Gasteiger partial charge is 0.337 e. The number of carbonyl (C=O) groups excluding carboxylic acids is 1. The largest absolute Gasteiger partial charge is 0.465 e. The second kappa shape index (κ2) is 6.66. The second-order valence-electron chi connectivity index (χ2n) is 6.59. The summed E-state index contributed by atoms with van der Waals surface area (Å²) < 4.78 is 10.6. The highest BCUT2D eigenvalue weighted by Crippen LogP contribution is 2.50. The number of allylic oxidation sites excluding steroid dienone is 1. The number of aromatic nitrogens is 1. The lowest BCUT2D eigenvalue weighted by molar-refractivity contribution is 0.0600. The second-order valence-corrected chi connectivity index (χ2v) is 7.63. The van der Waals surface area contributed by atoms with Crippen molar-refractivity contribution in [2.24, 2.45) is 5.73 Å². The summed E-state index contributed by atoms with van der Waals surface area (Å²) in [7, 11) is 1.34. The molecule has 1 aromatic carbocycles. The summed E-state index contributed by atoms with van der Waals surface area (Å²) in [6, 6.07) is 11.2. The number of aryl methyl sites for hydroxylation is 2. The molecule has 0 radical (unpaired) electrons. The molecule has 2 aromatic heterocycles. The Labute approximate surface area is 165 Å². The molecule has 3 heterocycles. The van der Waals surface area contributed by atoms with E-state index in [2.05, 4.69) is 11.1 Å². The number of nitriles is 1. The zero-order valence-electron chi connectivity index (χ0n) is 15.6. The first-order chi connectivity index (χ1) is 13.4. The number of nitrogens with zero attached hydrogens (tertiary/aromatic N) is 2. The lowest BCUT2D eigenvalue weighted by Crippen LogP contribution is -2.20. The van der Waals surface area contributed by atoms with Crippen LogP contribution < -0.4 is 10.5 Å². The molecule has 7 heteroatoms. The van der Waals surface area contributed by atoms with Crippen LogP contribution in [-0.2, 0) is 4.74 Å². The van der Waals surface area contributed by atoms with Crippen molar-refractivity contribution in [1.29, 1.82) is 5.26 Å². The van der Waals surface area contributed by atoms with Gasteiger partial charge in [0.25, 0.3) is 0 Å². The van der Waals surface area contributed by atoms with Crippen molar-refractivity contribution >= 4 is 27.5 Å². The standard InChI is InChI=1S/C21H17N3O3S/c1-10-8-11(2)24-20-15(10)17-18(28-20)16(14(9-22)19(23)27-17)12-4-6-13(7-5-12)21(25)26-3/h4-8,16H,23H2,1-3H3/t16-/m0/s1. The average Bonchev–Trinajstić information content (AvgIpc) is 3.04. The molecule has 1 atom stereocenters. The van der Waals surface area contributed by atoms with Crippen molar-refractivity contribution in [3.63, 3.8) is 0 Å². The Kier molecular flexibility index (Phi) is 4.28. The fourth-order valence-electron chi connectivity index (χ4n) is 3.52. The van der Waals surface area contributed by atoms with Gasteiger partial charge >= 0.3 is 5.97 Å². The third-order valence-electron chi connectivity index (χ3n) is 4.78. The van der Waals surface area contributed by atoms with Gasteiger partial charge < -0.3 is 15.2 Å². The van der Waals surface area contributed by atoms with Crippen LogP contribution in [0, 0.1) is 25.2 Å². The van der Waals surface area contributed by atoms with Gasteiger partial charge in [-0.2, -0.15) is 5.26 Å². The molecule has 2 N–H and O–H groups in total. The van der Waals surface area contributed by atoms with E-state index < -0.39 is 5.97 Å². The molecule has 0 aliphatic carbocycles. The van der Waals surface area contributed by atoms with Gasteiger partial charge in [0, 0.05) is 5.69 Å². The van der Waals surface area contributed by atoms with E-state index in [1.54, 1.807) is 12.1 Å². The predicted molar refractivity (Wildman–Crippen MR) is 106 cm³/mol. The zero-order valence-corrected chi connectivity index (χ0v) is 16.4. The van der Waals surface area contributed by atoms with E-state index in [1.165, 1.54) is 18.4 Å². The van der Waals surface area contributed by atoms with E-state index in [-0.39, 0.29) is 11.8 Å². The summed E-state index contributed by atoms with van der Waals surface area (Å²) in [6.07, 6.45) is 0. The molecule has 140 valence electrons. The van der Waals surface area contributed by atoms with E-state index in [4.69, 9.17) is 15.2 Å². The summed E-state index contributed by atoms with van der Waals surface area (Å²) >= 11 is 1.50. The highest BCUT2D eigenvalue weighted by molar-refractivity contribution is 7.19. The fraction of sp³-hybridized carbons (Fsp3) is 0.190. The quantitative estimate of drug-likeness (QED) is 0.665. The number of ether oxygens (including phenoxy) is 2. The normalized spacial score (nSPS) is 15.7. The number of rotatable bonds is 2. The molecular formula is C21H17N3O3S. The van der Waals surface area contributed by atoms with Crippen molar-refractivity contribution < 1.29 is 14.3 Å². The summed E-state index contributed by atoms with van der Waals surface area (Å²) in [5, 5.41) is 10.6.